The summed E-state index contributed by atoms with van der Waals surface area (Å²) in [6, 6.07) is -0.472. The molecule has 7 heteroatoms. The Morgan fingerprint density at radius 3 is 2.19 bits per heavy atom. The van der Waals surface area contributed by atoms with Crippen molar-refractivity contribution in [3.8, 4) is 0 Å². The van der Waals surface area contributed by atoms with Crippen LogP contribution in [0.25, 0.3) is 0 Å². The van der Waals surface area contributed by atoms with Gasteiger partial charge < -0.3 is 11.1 Å². The Bertz CT molecular complexity index is 252. The van der Waals surface area contributed by atoms with Crippen molar-refractivity contribution in [2.75, 3.05) is 0 Å². The van der Waals surface area contributed by atoms with E-state index >= 15 is 0 Å². The Labute approximate surface area is 90.4 Å². The van der Waals surface area contributed by atoms with E-state index in [4.69, 9.17) is 5.73 Å². The highest BCUT2D eigenvalue weighted by Crippen LogP contribution is 2.24. The second-order valence-electron chi connectivity index (χ2n) is 4.01. The van der Waals surface area contributed by atoms with E-state index in [9.17, 15) is 22.4 Å². The molecule has 1 saturated carbocycles. The molecule has 16 heavy (non-hydrogen) atoms. The number of hydrogen-bond acceptors (Lipinski definition) is 2. The van der Waals surface area contributed by atoms with Crippen LogP contribution >= 0.6 is 0 Å². The van der Waals surface area contributed by atoms with Gasteiger partial charge in [-0.15, -0.1) is 0 Å². The summed E-state index contributed by atoms with van der Waals surface area (Å²) in [6.07, 6.45) is -1.87. The molecule has 3 nitrogen and oxygen atoms in total. The highest BCUT2D eigenvalue weighted by Gasteiger charge is 2.49. The molecule has 0 aromatic rings. The second-order valence-corrected chi connectivity index (χ2v) is 4.01. The summed E-state index contributed by atoms with van der Waals surface area (Å²) >= 11 is 0. The molecule has 0 aromatic carbocycles. The van der Waals surface area contributed by atoms with Crippen LogP contribution in [0.1, 0.15) is 25.7 Å². The van der Waals surface area contributed by atoms with Gasteiger partial charge in [0.05, 0.1) is 0 Å². The average molecular weight is 242 g/mol. The molecule has 0 bridgehead atoms. The van der Waals surface area contributed by atoms with E-state index < -0.39 is 24.3 Å². The molecule has 0 saturated heterocycles. The van der Waals surface area contributed by atoms with Crippen LogP contribution in [0, 0.1) is 0 Å². The van der Waals surface area contributed by atoms with E-state index in [1.165, 1.54) is 0 Å². The van der Waals surface area contributed by atoms with E-state index in [-0.39, 0.29) is 6.04 Å². The van der Waals surface area contributed by atoms with Gasteiger partial charge in [-0.25, -0.2) is 8.78 Å². The first-order chi connectivity index (χ1) is 7.34. The third kappa shape index (κ3) is 3.07. The number of halogens is 4. The van der Waals surface area contributed by atoms with Gasteiger partial charge in [-0.1, -0.05) is 0 Å². The zero-order valence-corrected chi connectivity index (χ0v) is 8.56. The van der Waals surface area contributed by atoms with E-state index in [1.807, 2.05) is 5.32 Å². The first-order valence-electron chi connectivity index (χ1n) is 5.06. The predicted octanol–water partition coefficient (Wildman–Crippen LogP) is 1.27. The van der Waals surface area contributed by atoms with Crippen molar-refractivity contribution in [3.05, 3.63) is 0 Å². The maximum absolute atomic E-state index is 12.6. The summed E-state index contributed by atoms with van der Waals surface area (Å²) in [4.78, 5) is 10.9. The Morgan fingerprint density at radius 1 is 1.25 bits per heavy atom. The van der Waals surface area contributed by atoms with Gasteiger partial charge in [0.25, 0.3) is 5.91 Å². The molecule has 0 aliphatic heterocycles. The van der Waals surface area contributed by atoms with Crippen LogP contribution in [0.15, 0.2) is 0 Å². The molecule has 0 unspecified atom stereocenters. The fraction of sp³-hybridized carbons (Fsp3) is 0.889. The summed E-state index contributed by atoms with van der Waals surface area (Å²) < 4.78 is 48.9. The number of carbonyl (C=O) groups is 1. The van der Waals surface area contributed by atoms with Crippen LogP contribution < -0.4 is 11.1 Å². The zero-order chi connectivity index (χ0) is 12.3. The van der Waals surface area contributed by atoms with Crippen molar-refractivity contribution in [2.24, 2.45) is 5.73 Å². The Balaban J connectivity index is 2.46. The van der Waals surface area contributed by atoms with Crippen LogP contribution in [-0.2, 0) is 4.79 Å². The molecule has 1 rings (SSSR count). The maximum Gasteiger partial charge on any atom is 0.383 e. The Hall–Kier alpha value is -0.850. The summed E-state index contributed by atoms with van der Waals surface area (Å²) in [5.41, 5.74) is 5.58. The molecule has 0 aromatic heterocycles. The van der Waals surface area contributed by atoms with Crippen molar-refractivity contribution < 1.29 is 22.4 Å². The number of hydrogen-bond donors (Lipinski definition) is 2. The van der Waals surface area contributed by atoms with E-state index in [0.29, 0.717) is 25.7 Å². The standard InChI is InChI=1S/C9H14F4N2O/c10-7(11)9(12,13)8(16)15-6-3-1-5(14)2-4-6/h5-7H,1-4,14H2,(H,15,16). The first-order valence-corrected chi connectivity index (χ1v) is 5.06. The highest BCUT2D eigenvalue weighted by molar-refractivity contribution is 5.84. The Morgan fingerprint density at radius 2 is 1.75 bits per heavy atom. The average Bonchev–Trinajstić information content (AvgIpc) is 2.21. The summed E-state index contributed by atoms with van der Waals surface area (Å²) in [7, 11) is 0. The molecule has 1 amide bonds. The molecule has 1 fully saturated rings. The van der Waals surface area contributed by atoms with E-state index in [0.717, 1.165) is 0 Å². The molecule has 1 aliphatic carbocycles. The van der Waals surface area contributed by atoms with Gasteiger partial charge >= 0.3 is 12.3 Å². The lowest BCUT2D eigenvalue weighted by molar-refractivity contribution is -0.170. The minimum atomic E-state index is -4.61. The van der Waals surface area contributed by atoms with Crippen LogP contribution in [0.4, 0.5) is 17.6 Å². The number of alkyl halides is 4. The zero-order valence-electron chi connectivity index (χ0n) is 8.56. The van der Waals surface area contributed by atoms with Crippen molar-refractivity contribution in [1.82, 2.24) is 5.32 Å². The molecule has 1 aliphatic rings. The van der Waals surface area contributed by atoms with Crippen LogP contribution in [0.3, 0.4) is 0 Å². The maximum atomic E-state index is 12.6. The summed E-state index contributed by atoms with van der Waals surface area (Å²) in [5, 5.41) is 1.94. The largest absolute Gasteiger partial charge is 0.383 e. The van der Waals surface area contributed by atoms with Gasteiger partial charge in [0.15, 0.2) is 0 Å². The lowest BCUT2D eigenvalue weighted by Gasteiger charge is -2.28. The van der Waals surface area contributed by atoms with E-state index in [1.54, 1.807) is 0 Å². The number of nitrogens with two attached hydrogens (primary N) is 1. The lowest BCUT2D eigenvalue weighted by Crippen LogP contribution is -2.50. The number of rotatable bonds is 3. The quantitative estimate of drug-likeness (QED) is 0.732. The number of nitrogens with one attached hydrogen (secondary N) is 1. The second kappa shape index (κ2) is 4.99. The van der Waals surface area contributed by atoms with Gasteiger partial charge in [-0.2, -0.15) is 8.78 Å². The van der Waals surface area contributed by atoms with Crippen molar-refractivity contribution in [1.29, 1.82) is 0 Å². The first kappa shape index (κ1) is 13.2. The van der Waals surface area contributed by atoms with Gasteiger partial charge in [-0.3, -0.25) is 4.79 Å². The van der Waals surface area contributed by atoms with Gasteiger partial charge in [0.1, 0.15) is 0 Å². The normalized spacial score (nSPS) is 26.9. The van der Waals surface area contributed by atoms with E-state index in [2.05, 4.69) is 0 Å². The Kier molecular flexibility index (Phi) is 4.12. The molecule has 3 N–H and O–H groups in total. The highest BCUT2D eigenvalue weighted by atomic mass is 19.3. The molecule has 0 heterocycles. The van der Waals surface area contributed by atoms with Gasteiger partial charge in [0.2, 0.25) is 0 Å². The molecule has 0 radical (unpaired) electrons. The SMILES string of the molecule is NC1CCC(NC(=O)C(F)(F)C(F)F)CC1. The molecule has 0 atom stereocenters. The fourth-order valence-electron chi connectivity index (χ4n) is 1.64. The number of carbonyl (C=O) groups excluding carboxylic acids is 1. The molecular weight excluding hydrogens is 228 g/mol. The third-order valence-corrected chi connectivity index (χ3v) is 2.68. The minimum Gasteiger partial charge on any atom is -0.348 e. The predicted molar refractivity (Wildman–Crippen MR) is 49.3 cm³/mol. The topological polar surface area (TPSA) is 55.1 Å². The lowest BCUT2D eigenvalue weighted by atomic mass is 9.92. The smallest absolute Gasteiger partial charge is 0.348 e. The molecule has 94 valence electrons. The molecular formula is C9H14F4N2O. The minimum absolute atomic E-state index is 0.00348. The number of amides is 1. The van der Waals surface area contributed by atoms with Crippen LogP contribution in [0.5, 0.6) is 0 Å². The van der Waals surface area contributed by atoms with Crippen molar-refractivity contribution in [3.63, 3.8) is 0 Å². The van der Waals surface area contributed by atoms with Crippen molar-refractivity contribution >= 4 is 5.91 Å². The molecule has 0 spiro atoms. The monoisotopic (exact) mass is 242 g/mol. The summed E-state index contributed by atoms with van der Waals surface area (Å²) in [5.74, 6) is -6.51. The van der Waals surface area contributed by atoms with Crippen molar-refractivity contribution in [2.45, 2.75) is 50.1 Å². The van der Waals surface area contributed by atoms with Crippen LogP contribution in [0.2, 0.25) is 0 Å². The summed E-state index contributed by atoms with van der Waals surface area (Å²) in [6.45, 7) is 0. The van der Waals surface area contributed by atoms with Crippen LogP contribution in [-0.4, -0.2) is 30.3 Å². The van der Waals surface area contributed by atoms with Gasteiger partial charge in [-0.05, 0) is 25.7 Å². The van der Waals surface area contributed by atoms with Gasteiger partial charge in [0, 0.05) is 12.1 Å². The fourth-order valence-corrected chi connectivity index (χ4v) is 1.64. The third-order valence-electron chi connectivity index (χ3n) is 2.68.